The van der Waals surface area contributed by atoms with Gasteiger partial charge >= 0.3 is 0 Å². The molecule has 0 bridgehead atoms. The van der Waals surface area contributed by atoms with E-state index in [0.717, 1.165) is 81.5 Å². The van der Waals surface area contributed by atoms with Crippen molar-refractivity contribution >= 4 is 11.3 Å². The van der Waals surface area contributed by atoms with Gasteiger partial charge in [-0.05, 0) is 56.6 Å². The van der Waals surface area contributed by atoms with Gasteiger partial charge in [-0.15, -0.1) is 5.10 Å². The molecule has 3 N–H and O–H groups in total. The van der Waals surface area contributed by atoms with Crippen LogP contribution >= 0.6 is 0 Å². The average Bonchev–Trinajstić information content (AvgIpc) is 3.35. The molecule has 3 fully saturated rings. The maximum atomic E-state index is 6.60. The number of aromatic nitrogens is 3. The monoisotopic (exact) mass is 428 g/mol. The summed E-state index contributed by atoms with van der Waals surface area (Å²) in [6, 6.07) is 2.41. The lowest BCUT2D eigenvalue weighted by Crippen LogP contribution is -2.62. The number of anilines is 1. The summed E-state index contributed by atoms with van der Waals surface area (Å²) in [6.45, 7) is 8.88. The summed E-state index contributed by atoms with van der Waals surface area (Å²) in [6.07, 6.45) is 7.08. The molecule has 0 radical (unpaired) electrons. The molecule has 2 aliphatic heterocycles. The van der Waals surface area contributed by atoms with Gasteiger partial charge in [-0.1, -0.05) is 6.92 Å². The zero-order chi connectivity index (χ0) is 21.6. The highest BCUT2D eigenvalue weighted by molar-refractivity contribution is 5.57. The van der Waals surface area contributed by atoms with E-state index >= 15 is 0 Å². The predicted octanol–water partition coefficient (Wildman–Crippen LogP) is 1.99. The van der Waals surface area contributed by atoms with E-state index in [0.29, 0.717) is 0 Å². The molecule has 8 nitrogen and oxygen atoms in total. The van der Waals surface area contributed by atoms with Crippen LogP contribution in [0.2, 0.25) is 0 Å². The maximum Gasteiger partial charge on any atom is 0.185 e. The Morgan fingerprint density at radius 3 is 2.74 bits per heavy atom. The normalized spacial score (nSPS) is 30.6. The molecule has 0 aromatic carbocycles. The molecule has 0 amide bonds. The SMILES string of the molecule is COC1(c2nc3c(C)cc(N4CCC(C)C4)cn3n2)CCC1NCC1(N)CCOCC1. The minimum Gasteiger partial charge on any atom is -0.381 e. The van der Waals surface area contributed by atoms with Gasteiger partial charge in [0.2, 0.25) is 0 Å². The Morgan fingerprint density at radius 1 is 1.29 bits per heavy atom. The number of hydrogen-bond donors (Lipinski definition) is 2. The number of hydrogen-bond acceptors (Lipinski definition) is 7. The first-order chi connectivity index (χ1) is 14.9. The zero-order valence-corrected chi connectivity index (χ0v) is 19.1. The quantitative estimate of drug-likeness (QED) is 0.727. The van der Waals surface area contributed by atoms with E-state index in [1.807, 2.05) is 4.52 Å². The summed E-state index contributed by atoms with van der Waals surface area (Å²) in [7, 11) is 1.77. The molecule has 1 saturated carbocycles. The molecule has 2 aromatic heterocycles. The van der Waals surface area contributed by atoms with E-state index in [1.165, 1.54) is 12.1 Å². The number of ether oxygens (including phenoxy) is 2. The first-order valence-electron chi connectivity index (χ1n) is 11.7. The largest absolute Gasteiger partial charge is 0.381 e. The third-order valence-corrected chi connectivity index (χ3v) is 7.69. The highest BCUT2D eigenvalue weighted by Crippen LogP contribution is 2.43. The Hall–Kier alpha value is -1.74. The molecule has 0 spiro atoms. The second-order valence-corrected chi connectivity index (χ2v) is 9.97. The smallest absolute Gasteiger partial charge is 0.185 e. The first-order valence-corrected chi connectivity index (χ1v) is 11.7. The summed E-state index contributed by atoms with van der Waals surface area (Å²) in [5.74, 6) is 1.51. The minimum absolute atomic E-state index is 0.164. The van der Waals surface area contributed by atoms with Crippen LogP contribution in [0.4, 0.5) is 5.69 Å². The third-order valence-electron chi connectivity index (χ3n) is 7.69. The molecular formula is C23H36N6O2. The standard InChI is InChI=1S/C23H36N6O2/c1-16-5-9-28(13-16)18-12-17(2)20-26-21(27-29(20)14-18)23(30-3)6-4-19(23)25-15-22(24)7-10-31-11-8-22/h12,14,16,19,25H,4-11,13,15,24H2,1-3H3. The fourth-order valence-corrected chi connectivity index (χ4v) is 5.36. The number of fused-ring (bicyclic) bond motifs is 1. The van der Waals surface area contributed by atoms with Crippen LogP contribution in [0, 0.1) is 12.8 Å². The van der Waals surface area contributed by atoms with Gasteiger partial charge in [-0.25, -0.2) is 9.50 Å². The molecule has 3 atom stereocenters. The fourth-order valence-electron chi connectivity index (χ4n) is 5.36. The number of pyridine rings is 1. The molecule has 4 heterocycles. The predicted molar refractivity (Wildman–Crippen MR) is 120 cm³/mol. The summed E-state index contributed by atoms with van der Waals surface area (Å²) in [4.78, 5) is 7.39. The number of aryl methyl sites for hydroxylation is 1. The average molecular weight is 429 g/mol. The molecule has 3 aliphatic rings. The van der Waals surface area contributed by atoms with Gasteiger partial charge in [0.15, 0.2) is 11.5 Å². The van der Waals surface area contributed by atoms with E-state index in [-0.39, 0.29) is 11.6 Å². The van der Waals surface area contributed by atoms with Crippen LogP contribution in [0.25, 0.3) is 5.65 Å². The Morgan fingerprint density at radius 2 is 2.10 bits per heavy atom. The van der Waals surface area contributed by atoms with Gasteiger partial charge in [0.25, 0.3) is 0 Å². The van der Waals surface area contributed by atoms with Crippen molar-refractivity contribution in [3.63, 3.8) is 0 Å². The first kappa shape index (κ1) is 21.1. The van der Waals surface area contributed by atoms with E-state index in [9.17, 15) is 0 Å². The second-order valence-electron chi connectivity index (χ2n) is 9.97. The summed E-state index contributed by atoms with van der Waals surface area (Å²) < 4.78 is 13.5. The summed E-state index contributed by atoms with van der Waals surface area (Å²) in [5.41, 5.74) is 9.18. The minimum atomic E-state index is -0.498. The van der Waals surface area contributed by atoms with Gasteiger partial charge in [0.05, 0.1) is 11.9 Å². The Balaban J connectivity index is 1.38. The number of nitrogens with zero attached hydrogens (tertiary/aromatic N) is 4. The van der Waals surface area contributed by atoms with Crippen molar-refractivity contribution in [2.75, 3.05) is 44.9 Å². The van der Waals surface area contributed by atoms with Crippen molar-refractivity contribution < 1.29 is 9.47 Å². The second kappa shape index (κ2) is 7.99. The van der Waals surface area contributed by atoms with Crippen LogP contribution in [0.15, 0.2) is 12.3 Å². The van der Waals surface area contributed by atoms with E-state index < -0.39 is 5.60 Å². The highest BCUT2D eigenvalue weighted by atomic mass is 16.5. The fraction of sp³-hybridized carbons (Fsp3) is 0.739. The lowest BCUT2D eigenvalue weighted by atomic mass is 9.73. The van der Waals surface area contributed by atoms with Crippen molar-refractivity contribution in [3.05, 3.63) is 23.7 Å². The summed E-state index contributed by atoms with van der Waals surface area (Å²) in [5, 5.41) is 8.60. The van der Waals surface area contributed by atoms with Crippen LogP contribution in [-0.2, 0) is 15.1 Å². The van der Waals surface area contributed by atoms with Crippen molar-refractivity contribution in [2.24, 2.45) is 11.7 Å². The molecule has 8 heteroatoms. The number of nitrogens with one attached hydrogen (secondary N) is 1. The van der Waals surface area contributed by atoms with E-state index in [1.54, 1.807) is 7.11 Å². The van der Waals surface area contributed by atoms with Crippen LogP contribution in [0.1, 0.15) is 50.4 Å². The molecule has 2 aromatic rings. The van der Waals surface area contributed by atoms with Crippen LogP contribution in [-0.4, -0.2) is 66.1 Å². The number of methoxy groups -OCH3 is 1. The van der Waals surface area contributed by atoms with Gasteiger partial charge in [-0.3, -0.25) is 0 Å². The van der Waals surface area contributed by atoms with Gasteiger partial charge in [-0.2, -0.15) is 0 Å². The molecule has 3 unspecified atom stereocenters. The van der Waals surface area contributed by atoms with Gasteiger partial charge in [0.1, 0.15) is 5.60 Å². The maximum absolute atomic E-state index is 6.60. The van der Waals surface area contributed by atoms with Crippen LogP contribution in [0.5, 0.6) is 0 Å². The lowest BCUT2D eigenvalue weighted by molar-refractivity contribution is -0.116. The number of nitrogens with two attached hydrogens (primary N) is 1. The van der Waals surface area contributed by atoms with Crippen molar-refractivity contribution in [3.8, 4) is 0 Å². The Bertz CT molecular complexity index is 936. The Labute approximate surface area is 184 Å². The van der Waals surface area contributed by atoms with Crippen LogP contribution < -0.4 is 16.0 Å². The molecule has 5 rings (SSSR count). The molecule has 170 valence electrons. The zero-order valence-electron chi connectivity index (χ0n) is 19.1. The van der Waals surface area contributed by atoms with Crippen molar-refractivity contribution in [2.45, 2.75) is 63.1 Å². The van der Waals surface area contributed by atoms with Crippen molar-refractivity contribution in [1.82, 2.24) is 19.9 Å². The summed E-state index contributed by atoms with van der Waals surface area (Å²) >= 11 is 0. The lowest BCUT2D eigenvalue weighted by Gasteiger charge is -2.48. The number of rotatable bonds is 6. The molecule has 2 saturated heterocycles. The van der Waals surface area contributed by atoms with Crippen molar-refractivity contribution in [1.29, 1.82) is 0 Å². The molecular weight excluding hydrogens is 392 g/mol. The molecule has 1 aliphatic carbocycles. The van der Waals surface area contributed by atoms with Gasteiger partial charge < -0.3 is 25.4 Å². The molecule has 31 heavy (non-hydrogen) atoms. The Kier molecular flexibility index (Phi) is 5.45. The van der Waals surface area contributed by atoms with E-state index in [4.69, 9.17) is 25.3 Å². The topological polar surface area (TPSA) is 89.9 Å². The third kappa shape index (κ3) is 3.73. The van der Waals surface area contributed by atoms with Crippen LogP contribution in [0.3, 0.4) is 0 Å². The highest BCUT2D eigenvalue weighted by Gasteiger charge is 2.52. The van der Waals surface area contributed by atoms with Gasteiger partial charge in [0, 0.05) is 51.5 Å². The van der Waals surface area contributed by atoms with E-state index in [2.05, 4.69) is 36.3 Å².